The van der Waals surface area contributed by atoms with Gasteiger partial charge in [-0.1, -0.05) is 18.2 Å². The van der Waals surface area contributed by atoms with Crippen molar-refractivity contribution >= 4 is 5.97 Å². The third-order valence-electron chi connectivity index (χ3n) is 2.79. The zero-order valence-electron chi connectivity index (χ0n) is 10.8. The number of esters is 1. The number of carbonyl (C=O) groups excluding carboxylic acids is 1. The first-order valence-electron chi connectivity index (χ1n) is 6.09. The smallest absolute Gasteiger partial charge is 0.337 e. The maximum atomic E-state index is 11.5. The summed E-state index contributed by atoms with van der Waals surface area (Å²) in [6.07, 6.45) is 0.741. The predicted molar refractivity (Wildman–Crippen MR) is 73.8 cm³/mol. The molecule has 2 rings (SSSR count). The Morgan fingerprint density at radius 1 is 1.26 bits per heavy atom. The molecule has 19 heavy (non-hydrogen) atoms. The summed E-state index contributed by atoms with van der Waals surface area (Å²) in [7, 11) is 1.37. The van der Waals surface area contributed by atoms with Crippen molar-refractivity contribution in [3.05, 3.63) is 53.7 Å². The van der Waals surface area contributed by atoms with Gasteiger partial charge in [0.2, 0.25) is 0 Å². The number of carbonyl (C=O) groups is 1. The van der Waals surface area contributed by atoms with Crippen LogP contribution in [0.4, 0.5) is 0 Å². The largest absolute Gasteiger partial charge is 0.465 e. The topological polar surface area (TPSA) is 65.2 Å². The van der Waals surface area contributed by atoms with Gasteiger partial charge in [-0.05, 0) is 30.8 Å². The molecule has 0 fully saturated rings. The highest BCUT2D eigenvalue weighted by Gasteiger charge is 2.07. The van der Waals surface area contributed by atoms with Gasteiger partial charge in [-0.25, -0.2) is 4.79 Å². The summed E-state index contributed by atoms with van der Waals surface area (Å²) in [5.41, 5.74) is 8.72. The summed E-state index contributed by atoms with van der Waals surface area (Å²) >= 11 is 0. The SMILES string of the molecule is COC(=O)c1cccc(-c2cccc(CCN)n2)c1. The fourth-order valence-electron chi connectivity index (χ4n) is 1.85. The Labute approximate surface area is 112 Å². The van der Waals surface area contributed by atoms with Gasteiger partial charge < -0.3 is 10.5 Å². The Hall–Kier alpha value is -2.20. The van der Waals surface area contributed by atoms with E-state index in [1.54, 1.807) is 12.1 Å². The lowest BCUT2D eigenvalue weighted by atomic mass is 10.1. The molecule has 0 aliphatic carbocycles. The van der Waals surface area contributed by atoms with Crippen LogP contribution in [0.15, 0.2) is 42.5 Å². The van der Waals surface area contributed by atoms with Gasteiger partial charge >= 0.3 is 5.97 Å². The van der Waals surface area contributed by atoms with E-state index in [1.807, 2.05) is 30.3 Å². The number of pyridine rings is 1. The number of aromatic nitrogens is 1. The summed E-state index contributed by atoms with van der Waals surface area (Å²) in [4.78, 5) is 16.0. The number of ether oxygens (including phenoxy) is 1. The fourth-order valence-corrected chi connectivity index (χ4v) is 1.85. The molecule has 2 N–H and O–H groups in total. The Kier molecular flexibility index (Phi) is 4.26. The highest BCUT2D eigenvalue weighted by atomic mass is 16.5. The lowest BCUT2D eigenvalue weighted by Gasteiger charge is -2.05. The maximum Gasteiger partial charge on any atom is 0.337 e. The van der Waals surface area contributed by atoms with Gasteiger partial charge in [-0.3, -0.25) is 4.98 Å². The van der Waals surface area contributed by atoms with E-state index < -0.39 is 0 Å². The van der Waals surface area contributed by atoms with Gasteiger partial charge in [0.1, 0.15) is 0 Å². The Morgan fingerprint density at radius 3 is 2.79 bits per heavy atom. The van der Waals surface area contributed by atoms with Gasteiger partial charge in [0.25, 0.3) is 0 Å². The van der Waals surface area contributed by atoms with Crippen LogP contribution in [-0.4, -0.2) is 24.6 Å². The molecule has 4 heteroatoms. The molecule has 0 atom stereocenters. The third kappa shape index (κ3) is 3.17. The Balaban J connectivity index is 2.36. The van der Waals surface area contributed by atoms with Gasteiger partial charge in [-0.2, -0.15) is 0 Å². The van der Waals surface area contributed by atoms with Gasteiger partial charge in [0.05, 0.1) is 18.4 Å². The zero-order valence-corrected chi connectivity index (χ0v) is 10.8. The van der Waals surface area contributed by atoms with Crippen molar-refractivity contribution in [2.45, 2.75) is 6.42 Å². The molecule has 0 bridgehead atoms. The second-order valence-corrected chi connectivity index (χ2v) is 4.13. The van der Waals surface area contributed by atoms with Crippen LogP contribution in [0.3, 0.4) is 0 Å². The normalized spacial score (nSPS) is 10.2. The Bertz CT molecular complexity index is 582. The molecule has 0 saturated carbocycles. The molecule has 1 aromatic heterocycles. The summed E-state index contributed by atoms with van der Waals surface area (Å²) in [6.45, 7) is 0.568. The van der Waals surface area contributed by atoms with Crippen molar-refractivity contribution in [3.63, 3.8) is 0 Å². The van der Waals surface area contributed by atoms with Crippen LogP contribution in [0.5, 0.6) is 0 Å². The molecule has 0 radical (unpaired) electrons. The molecular formula is C15H16N2O2. The number of hydrogen-bond acceptors (Lipinski definition) is 4. The minimum atomic E-state index is -0.347. The molecule has 0 unspecified atom stereocenters. The number of hydrogen-bond donors (Lipinski definition) is 1. The quantitative estimate of drug-likeness (QED) is 0.850. The summed E-state index contributed by atoms with van der Waals surface area (Å²) in [5, 5.41) is 0. The first-order chi connectivity index (χ1) is 9.24. The van der Waals surface area contributed by atoms with Crippen molar-refractivity contribution in [3.8, 4) is 11.3 Å². The minimum absolute atomic E-state index is 0.347. The second-order valence-electron chi connectivity index (χ2n) is 4.13. The van der Waals surface area contributed by atoms with E-state index >= 15 is 0 Å². The number of nitrogens with two attached hydrogens (primary N) is 1. The average Bonchev–Trinajstić information content (AvgIpc) is 2.47. The molecule has 0 aliphatic rings. The highest BCUT2D eigenvalue weighted by molar-refractivity contribution is 5.90. The summed E-state index contributed by atoms with van der Waals surface area (Å²) in [6, 6.07) is 13.0. The number of nitrogens with zero attached hydrogens (tertiary/aromatic N) is 1. The van der Waals surface area contributed by atoms with Crippen LogP contribution in [0, 0.1) is 0 Å². The fraction of sp³-hybridized carbons (Fsp3) is 0.200. The van der Waals surface area contributed by atoms with Gasteiger partial charge in [0.15, 0.2) is 0 Å². The molecule has 1 heterocycles. The van der Waals surface area contributed by atoms with Crippen molar-refractivity contribution < 1.29 is 9.53 Å². The van der Waals surface area contributed by atoms with Crippen LogP contribution in [0.2, 0.25) is 0 Å². The highest BCUT2D eigenvalue weighted by Crippen LogP contribution is 2.19. The molecule has 0 spiro atoms. The lowest BCUT2D eigenvalue weighted by Crippen LogP contribution is -2.05. The summed E-state index contributed by atoms with van der Waals surface area (Å²) in [5.74, 6) is -0.347. The average molecular weight is 256 g/mol. The predicted octanol–water partition coefficient (Wildman–Crippen LogP) is 2.04. The summed E-state index contributed by atoms with van der Waals surface area (Å²) < 4.78 is 4.71. The molecule has 98 valence electrons. The molecule has 0 amide bonds. The Morgan fingerprint density at radius 2 is 2.05 bits per heavy atom. The van der Waals surface area contributed by atoms with Crippen LogP contribution < -0.4 is 5.73 Å². The molecule has 0 aliphatic heterocycles. The zero-order chi connectivity index (χ0) is 13.7. The molecule has 2 aromatic rings. The minimum Gasteiger partial charge on any atom is -0.465 e. The number of rotatable bonds is 4. The van der Waals surface area contributed by atoms with E-state index in [4.69, 9.17) is 10.5 Å². The van der Waals surface area contributed by atoms with E-state index in [0.717, 1.165) is 23.4 Å². The van der Waals surface area contributed by atoms with Gasteiger partial charge in [-0.15, -0.1) is 0 Å². The standard InChI is InChI=1S/C15H16N2O2/c1-19-15(18)12-5-2-4-11(10-12)14-7-3-6-13(17-14)8-9-16/h2-7,10H,8-9,16H2,1H3. The van der Waals surface area contributed by atoms with Gasteiger partial charge in [0, 0.05) is 17.7 Å². The maximum absolute atomic E-state index is 11.5. The van der Waals surface area contributed by atoms with Crippen LogP contribution in [0.25, 0.3) is 11.3 Å². The first-order valence-corrected chi connectivity index (χ1v) is 6.09. The lowest BCUT2D eigenvalue weighted by molar-refractivity contribution is 0.0601. The number of methoxy groups -OCH3 is 1. The van der Waals surface area contributed by atoms with E-state index in [2.05, 4.69) is 4.98 Å². The molecule has 4 nitrogen and oxygen atoms in total. The van der Waals surface area contributed by atoms with Crippen LogP contribution >= 0.6 is 0 Å². The number of benzene rings is 1. The van der Waals surface area contributed by atoms with E-state index in [-0.39, 0.29) is 5.97 Å². The third-order valence-corrected chi connectivity index (χ3v) is 2.79. The van der Waals surface area contributed by atoms with Crippen LogP contribution in [-0.2, 0) is 11.2 Å². The van der Waals surface area contributed by atoms with Crippen molar-refractivity contribution in [1.82, 2.24) is 4.98 Å². The van der Waals surface area contributed by atoms with Crippen molar-refractivity contribution in [1.29, 1.82) is 0 Å². The molecule has 1 aromatic carbocycles. The van der Waals surface area contributed by atoms with Crippen molar-refractivity contribution in [2.24, 2.45) is 5.73 Å². The monoisotopic (exact) mass is 256 g/mol. The van der Waals surface area contributed by atoms with E-state index in [0.29, 0.717) is 12.1 Å². The molecular weight excluding hydrogens is 240 g/mol. The van der Waals surface area contributed by atoms with E-state index in [9.17, 15) is 4.79 Å². The first kappa shape index (κ1) is 13.2. The molecule has 0 saturated heterocycles. The van der Waals surface area contributed by atoms with Crippen molar-refractivity contribution in [2.75, 3.05) is 13.7 Å². The van der Waals surface area contributed by atoms with E-state index in [1.165, 1.54) is 7.11 Å². The second kappa shape index (κ2) is 6.11. The van der Waals surface area contributed by atoms with Crippen LogP contribution in [0.1, 0.15) is 16.1 Å².